The second-order valence-corrected chi connectivity index (χ2v) is 9.04. The van der Waals surface area contributed by atoms with E-state index in [0.29, 0.717) is 49.2 Å². The van der Waals surface area contributed by atoms with Crippen molar-refractivity contribution in [3.63, 3.8) is 0 Å². The van der Waals surface area contributed by atoms with E-state index in [9.17, 15) is 9.90 Å². The van der Waals surface area contributed by atoms with Gasteiger partial charge in [-0.1, -0.05) is 6.07 Å². The fourth-order valence-corrected chi connectivity index (χ4v) is 4.68. The molecule has 1 saturated heterocycles. The van der Waals surface area contributed by atoms with Crippen LogP contribution in [0, 0.1) is 0 Å². The molecule has 9 nitrogen and oxygen atoms in total. The summed E-state index contributed by atoms with van der Waals surface area (Å²) in [6.45, 7) is 3.22. The average Bonchev–Trinajstić information content (AvgIpc) is 3.34. The number of ether oxygens (including phenoxy) is 5. The third-order valence-corrected chi connectivity index (χ3v) is 6.58. The van der Waals surface area contributed by atoms with E-state index in [4.69, 9.17) is 23.7 Å². The molecule has 36 heavy (non-hydrogen) atoms. The van der Waals surface area contributed by atoms with Gasteiger partial charge in [-0.05, 0) is 61.3 Å². The molecule has 2 aromatic carbocycles. The molecule has 2 heterocycles. The molecule has 4 rings (SSSR count). The fraction of sp³-hybridized carbons (Fsp3) is 0.519. The molecule has 1 amide bonds. The summed E-state index contributed by atoms with van der Waals surface area (Å²) >= 11 is 0. The van der Waals surface area contributed by atoms with Crippen LogP contribution in [0.5, 0.6) is 23.0 Å². The van der Waals surface area contributed by atoms with Crippen LogP contribution in [0.15, 0.2) is 42.5 Å². The Morgan fingerprint density at radius 2 is 1.86 bits per heavy atom. The van der Waals surface area contributed by atoms with Gasteiger partial charge in [0.1, 0.15) is 30.8 Å². The standard InChI is InChI=1S/C27H36N2O7/c1-32-18-20-4-3-12-29(20)17-23(27(31)19-5-10-24-25(16-19)36-15-14-35-24)28-26(30)11-13-34-22-8-6-21(33-2)7-9-22/h5-10,16,20,23,27,31H,3-4,11-15,17-18H2,1-2H3,(H,28,30)/t20-,23+,27-/m0/s1. The van der Waals surface area contributed by atoms with Gasteiger partial charge in [-0.2, -0.15) is 0 Å². The molecule has 2 aromatic rings. The van der Waals surface area contributed by atoms with Gasteiger partial charge in [0.25, 0.3) is 0 Å². The van der Waals surface area contributed by atoms with E-state index in [1.54, 1.807) is 38.5 Å². The zero-order valence-corrected chi connectivity index (χ0v) is 21.0. The van der Waals surface area contributed by atoms with E-state index >= 15 is 0 Å². The van der Waals surface area contributed by atoms with Gasteiger partial charge in [-0.3, -0.25) is 9.69 Å². The van der Waals surface area contributed by atoms with Crippen molar-refractivity contribution in [3.05, 3.63) is 48.0 Å². The summed E-state index contributed by atoms with van der Waals surface area (Å²) in [4.78, 5) is 15.2. The Kier molecular flexibility index (Phi) is 9.27. The number of methoxy groups -OCH3 is 2. The van der Waals surface area contributed by atoms with Crippen LogP contribution in [-0.4, -0.2) is 81.7 Å². The normalized spacial score (nSPS) is 18.9. The Bertz CT molecular complexity index is 985. The topological polar surface area (TPSA) is 98.7 Å². The maximum absolute atomic E-state index is 12.9. The Balaban J connectivity index is 1.40. The largest absolute Gasteiger partial charge is 0.497 e. The third-order valence-electron chi connectivity index (χ3n) is 6.58. The van der Waals surface area contributed by atoms with Crippen LogP contribution in [-0.2, 0) is 9.53 Å². The van der Waals surface area contributed by atoms with Crippen LogP contribution in [0.2, 0.25) is 0 Å². The molecule has 2 N–H and O–H groups in total. The van der Waals surface area contributed by atoms with Crippen molar-refractivity contribution in [2.24, 2.45) is 0 Å². The third kappa shape index (κ3) is 6.81. The Labute approximate surface area is 212 Å². The molecule has 0 bridgehead atoms. The lowest BCUT2D eigenvalue weighted by Gasteiger charge is -2.32. The molecule has 9 heteroatoms. The summed E-state index contributed by atoms with van der Waals surface area (Å²) in [6, 6.07) is 12.4. The van der Waals surface area contributed by atoms with Crippen molar-refractivity contribution < 1.29 is 33.6 Å². The molecular weight excluding hydrogens is 464 g/mol. The van der Waals surface area contributed by atoms with Crippen LogP contribution < -0.4 is 24.3 Å². The molecule has 196 valence electrons. The smallest absolute Gasteiger partial charge is 0.223 e. The predicted octanol–water partition coefficient (Wildman–Crippen LogP) is 2.56. The van der Waals surface area contributed by atoms with Crippen LogP contribution in [0.1, 0.15) is 30.9 Å². The highest BCUT2D eigenvalue weighted by atomic mass is 16.6. The first-order valence-electron chi connectivity index (χ1n) is 12.4. The summed E-state index contributed by atoms with van der Waals surface area (Å²) in [7, 11) is 3.30. The van der Waals surface area contributed by atoms with E-state index in [-0.39, 0.29) is 25.0 Å². The van der Waals surface area contributed by atoms with E-state index < -0.39 is 12.1 Å². The van der Waals surface area contributed by atoms with Gasteiger partial charge in [0.15, 0.2) is 11.5 Å². The van der Waals surface area contributed by atoms with Crippen LogP contribution in [0.4, 0.5) is 0 Å². The second-order valence-electron chi connectivity index (χ2n) is 9.04. The highest BCUT2D eigenvalue weighted by Crippen LogP contribution is 2.34. The summed E-state index contributed by atoms with van der Waals surface area (Å²) in [5, 5.41) is 14.4. The van der Waals surface area contributed by atoms with Gasteiger partial charge < -0.3 is 34.1 Å². The lowest BCUT2D eigenvalue weighted by Crippen LogP contribution is -2.49. The van der Waals surface area contributed by atoms with E-state index in [0.717, 1.165) is 25.1 Å². The molecule has 3 atom stereocenters. The van der Waals surface area contributed by atoms with E-state index in [1.807, 2.05) is 18.2 Å². The summed E-state index contributed by atoms with van der Waals surface area (Å²) in [5.74, 6) is 2.48. The van der Waals surface area contributed by atoms with Crippen LogP contribution in [0.25, 0.3) is 0 Å². The molecule has 2 aliphatic rings. The number of likely N-dealkylation sites (tertiary alicyclic amines) is 1. The van der Waals surface area contributed by atoms with Gasteiger partial charge in [-0.15, -0.1) is 0 Å². The highest BCUT2D eigenvalue weighted by Gasteiger charge is 2.31. The predicted molar refractivity (Wildman–Crippen MR) is 134 cm³/mol. The Hall–Kier alpha value is -3.01. The Morgan fingerprint density at radius 3 is 2.61 bits per heavy atom. The Morgan fingerprint density at radius 1 is 1.11 bits per heavy atom. The van der Waals surface area contributed by atoms with Crippen LogP contribution >= 0.6 is 0 Å². The second kappa shape index (κ2) is 12.8. The van der Waals surface area contributed by atoms with Crippen molar-refractivity contribution in [2.75, 3.05) is 53.7 Å². The molecule has 0 aromatic heterocycles. The van der Waals surface area contributed by atoms with Crippen LogP contribution in [0.3, 0.4) is 0 Å². The van der Waals surface area contributed by atoms with Crippen molar-refractivity contribution >= 4 is 5.91 Å². The van der Waals surface area contributed by atoms with Crippen molar-refractivity contribution in [2.45, 2.75) is 37.5 Å². The van der Waals surface area contributed by atoms with Gasteiger partial charge in [0, 0.05) is 19.7 Å². The molecule has 0 aliphatic carbocycles. The molecular formula is C27H36N2O7. The number of carbonyl (C=O) groups excluding carboxylic acids is 1. The number of aliphatic hydroxyl groups excluding tert-OH is 1. The number of benzene rings is 2. The maximum Gasteiger partial charge on any atom is 0.223 e. The van der Waals surface area contributed by atoms with Gasteiger partial charge in [-0.25, -0.2) is 0 Å². The summed E-state index contributed by atoms with van der Waals surface area (Å²) < 4.78 is 27.6. The average molecular weight is 501 g/mol. The minimum absolute atomic E-state index is 0.165. The highest BCUT2D eigenvalue weighted by molar-refractivity contribution is 5.76. The van der Waals surface area contributed by atoms with Gasteiger partial charge >= 0.3 is 0 Å². The number of amides is 1. The number of carbonyl (C=O) groups is 1. The first-order chi connectivity index (χ1) is 17.6. The van der Waals surface area contributed by atoms with Crippen molar-refractivity contribution in [1.82, 2.24) is 10.2 Å². The molecule has 2 aliphatic heterocycles. The van der Waals surface area contributed by atoms with E-state index in [2.05, 4.69) is 10.2 Å². The fourth-order valence-electron chi connectivity index (χ4n) is 4.68. The zero-order valence-electron chi connectivity index (χ0n) is 21.0. The quantitative estimate of drug-likeness (QED) is 0.459. The lowest BCUT2D eigenvalue weighted by molar-refractivity contribution is -0.123. The summed E-state index contributed by atoms with van der Waals surface area (Å²) in [5.41, 5.74) is 0.668. The number of nitrogens with one attached hydrogen (secondary N) is 1. The number of rotatable bonds is 12. The van der Waals surface area contributed by atoms with Gasteiger partial charge in [0.05, 0.1) is 32.8 Å². The number of aliphatic hydroxyl groups is 1. The first kappa shape index (κ1) is 26.1. The monoisotopic (exact) mass is 500 g/mol. The molecule has 1 fully saturated rings. The molecule has 0 radical (unpaired) electrons. The molecule has 0 unspecified atom stereocenters. The minimum atomic E-state index is -0.920. The number of hydrogen-bond donors (Lipinski definition) is 2. The molecule has 0 spiro atoms. The number of fused-ring (bicyclic) bond motifs is 1. The van der Waals surface area contributed by atoms with Gasteiger partial charge in [0.2, 0.25) is 5.91 Å². The van der Waals surface area contributed by atoms with Crippen molar-refractivity contribution in [1.29, 1.82) is 0 Å². The first-order valence-corrected chi connectivity index (χ1v) is 12.4. The SMILES string of the molecule is COC[C@@H]1CCCN1C[C@@H](NC(=O)CCOc1ccc(OC)cc1)[C@@H](O)c1ccc2c(c1)OCCO2. The van der Waals surface area contributed by atoms with E-state index in [1.165, 1.54) is 0 Å². The number of nitrogens with zero attached hydrogens (tertiary/aromatic N) is 1. The molecule has 0 saturated carbocycles. The maximum atomic E-state index is 12.9. The lowest BCUT2D eigenvalue weighted by atomic mass is 10.00. The van der Waals surface area contributed by atoms with Crippen molar-refractivity contribution in [3.8, 4) is 23.0 Å². The minimum Gasteiger partial charge on any atom is -0.497 e. The summed E-state index contributed by atoms with van der Waals surface area (Å²) in [6.07, 6.45) is 1.34. The zero-order chi connectivity index (χ0) is 25.3. The number of hydrogen-bond acceptors (Lipinski definition) is 8.